The Bertz CT molecular complexity index is 564. The number of hydrogen-bond acceptors (Lipinski definition) is 4. The Morgan fingerprint density at radius 2 is 2.00 bits per heavy atom. The number of piperidine rings is 1. The van der Waals surface area contributed by atoms with Gasteiger partial charge in [0.1, 0.15) is 11.9 Å². The molecule has 0 unspecified atom stereocenters. The van der Waals surface area contributed by atoms with Crippen molar-refractivity contribution in [2.24, 2.45) is 11.3 Å². The van der Waals surface area contributed by atoms with E-state index in [4.69, 9.17) is 5.26 Å². The minimum atomic E-state index is 0.490. The van der Waals surface area contributed by atoms with Crippen LogP contribution in [0.1, 0.15) is 52.0 Å². The smallest absolute Gasteiger partial charge is 0.128 e. The van der Waals surface area contributed by atoms with Gasteiger partial charge in [0.15, 0.2) is 0 Å². The Morgan fingerprint density at radius 3 is 2.52 bits per heavy atom. The van der Waals surface area contributed by atoms with Crippen LogP contribution in [0.4, 0.5) is 5.82 Å². The predicted octanol–water partition coefficient (Wildman–Crippen LogP) is 3.34. The summed E-state index contributed by atoms with van der Waals surface area (Å²) in [5, 5.41) is 12.8. The maximum absolute atomic E-state index is 8.86. The Morgan fingerprint density at radius 1 is 1.26 bits per heavy atom. The summed E-state index contributed by atoms with van der Waals surface area (Å²) in [7, 11) is 0. The average molecular weight is 312 g/mol. The Hall–Kier alpha value is -1.60. The largest absolute Gasteiger partial charge is 0.357 e. The van der Waals surface area contributed by atoms with Gasteiger partial charge in [0, 0.05) is 31.4 Å². The molecule has 1 saturated heterocycles. The van der Waals surface area contributed by atoms with E-state index in [0.717, 1.165) is 24.8 Å². The van der Waals surface area contributed by atoms with E-state index in [0.29, 0.717) is 23.1 Å². The van der Waals surface area contributed by atoms with Gasteiger partial charge in [-0.25, -0.2) is 4.98 Å². The van der Waals surface area contributed by atoms with Gasteiger partial charge in [-0.05, 0) is 49.1 Å². The van der Waals surface area contributed by atoms with Crippen molar-refractivity contribution < 1.29 is 0 Å². The molecule has 0 bridgehead atoms. The molecule has 1 aliphatic heterocycles. The van der Waals surface area contributed by atoms with E-state index in [2.05, 4.69) is 42.0 Å². The summed E-state index contributed by atoms with van der Waals surface area (Å²) in [5.74, 6) is 1.78. The molecule has 0 amide bonds. The number of anilines is 1. The SMILES string of the molecule is C[C@@H]1CC(C)(C)C[C@@H]1NC1CCN(c2ccc(C#N)cn2)CC1. The van der Waals surface area contributed by atoms with Crippen molar-refractivity contribution in [1.82, 2.24) is 10.3 Å². The number of rotatable bonds is 3. The third kappa shape index (κ3) is 3.84. The molecule has 4 nitrogen and oxygen atoms in total. The van der Waals surface area contributed by atoms with Gasteiger partial charge < -0.3 is 10.2 Å². The summed E-state index contributed by atoms with van der Waals surface area (Å²) in [6.45, 7) is 9.26. The molecule has 2 fully saturated rings. The zero-order valence-electron chi connectivity index (χ0n) is 14.5. The summed E-state index contributed by atoms with van der Waals surface area (Å²) in [6.07, 6.45) is 6.64. The minimum absolute atomic E-state index is 0.490. The van der Waals surface area contributed by atoms with Gasteiger partial charge in [-0.1, -0.05) is 20.8 Å². The minimum Gasteiger partial charge on any atom is -0.357 e. The van der Waals surface area contributed by atoms with E-state index in [-0.39, 0.29) is 0 Å². The maximum Gasteiger partial charge on any atom is 0.128 e. The normalized spacial score (nSPS) is 27.8. The van der Waals surface area contributed by atoms with Gasteiger partial charge in [-0.15, -0.1) is 0 Å². The maximum atomic E-state index is 8.86. The first-order valence-electron chi connectivity index (χ1n) is 8.84. The van der Waals surface area contributed by atoms with Gasteiger partial charge >= 0.3 is 0 Å². The highest BCUT2D eigenvalue weighted by Gasteiger charge is 2.37. The molecule has 1 aromatic heterocycles. The summed E-state index contributed by atoms with van der Waals surface area (Å²) in [4.78, 5) is 6.75. The standard InChI is InChI=1S/C19H28N4/c1-14-10-19(2,3)11-17(14)22-16-6-8-23(9-7-16)18-5-4-15(12-20)13-21-18/h4-5,13-14,16-17,22H,6-11H2,1-3H3/t14-,17+/m1/s1. The van der Waals surface area contributed by atoms with Crippen LogP contribution in [-0.2, 0) is 0 Å². The fourth-order valence-electron chi connectivity index (χ4n) is 4.33. The van der Waals surface area contributed by atoms with Gasteiger partial charge in [0.25, 0.3) is 0 Å². The molecule has 1 N–H and O–H groups in total. The molecule has 0 aromatic carbocycles. The fourth-order valence-corrected chi connectivity index (χ4v) is 4.33. The van der Waals surface area contributed by atoms with Crippen molar-refractivity contribution in [2.45, 2.75) is 58.5 Å². The van der Waals surface area contributed by atoms with Crippen LogP contribution < -0.4 is 10.2 Å². The van der Waals surface area contributed by atoms with Gasteiger partial charge in [-0.3, -0.25) is 0 Å². The lowest BCUT2D eigenvalue weighted by molar-refractivity contribution is 0.322. The third-order valence-corrected chi connectivity index (χ3v) is 5.48. The van der Waals surface area contributed by atoms with Crippen molar-refractivity contribution in [3.63, 3.8) is 0 Å². The fraction of sp³-hybridized carbons (Fsp3) is 0.684. The van der Waals surface area contributed by atoms with E-state index in [1.165, 1.54) is 25.7 Å². The van der Waals surface area contributed by atoms with Gasteiger partial charge in [0.05, 0.1) is 5.56 Å². The third-order valence-electron chi connectivity index (χ3n) is 5.48. The van der Waals surface area contributed by atoms with Crippen LogP contribution in [0, 0.1) is 22.7 Å². The first-order valence-corrected chi connectivity index (χ1v) is 8.84. The lowest BCUT2D eigenvalue weighted by Gasteiger charge is -2.35. The first kappa shape index (κ1) is 16.3. The molecule has 1 aliphatic carbocycles. The zero-order valence-corrected chi connectivity index (χ0v) is 14.5. The molecule has 23 heavy (non-hydrogen) atoms. The monoisotopic (exact) mass is 312 g/mol. The molecular weight excluding hydrogens is 284 g/mol. The number of pyridine rings is 1. The molecule has 2 atom stereocenters. The van der Waals surface area contributed by atoms with Crippen LogP contribution in [0.15, 0.2) is 18.3 Å². The second-order valence-electron chi connectivity index (χ2n) is 8.10. The molecule has 3 rings (SSSR count). The summed E-state index contributed by atoms with van der Waals surface area (Å²) >= 11 is 0. The Labute approximate surface area is 139 Å². The van der Waals surface area contributed by atoms with Crippen molar-refractivity contribution in [1.29, 1.82) is 5.26 Å². The Balaban J connectivity index is 1.51. The molecule has 4 heteroatoms. The Kier molecular flexibility index (Phi) is 4.59. The van der Waals surface area contributed by atoms with E-state index in [1.807, 2.05) is 12.1 Å². The van der Waals surface area contributed by atoms with E-state index >= 15 is 0 Å². The quantitative estimate of drug-likeness (QED) is 0.930. The molecule has 2 heterocycles. The average Bonchev–Trinajstić information content (AvgIpc) is 2.80. The second-order valence-corrected chi connectivity index (χ2v) is 8.10. The molecule has 0 radical (unpaired) electrons. The van der Waals surface area contributed by atoms with Crippen LogP contribution in [0.2, 0.25) is 0 Å². The van der Waals surface area contributed by atoms with Crippen LogP contribution in [0.5, 0.6) is 0 Å². The van der Waals surface area contributed by atoms with E-state index in [9.17, 15) is 0 Å². The highest BCUT2D eigenvalue weighted by Crippen LogP contribution is 2.41. The van der Waals surface area contributed by atoms with Crippen LogP contribution in [0.3, 0.4) is 0 Å². The van der Waals surface area contributed by atoms with Crippen molar-refractivity contribution in [3.05, 3.63) is 23.9 Å². The number of hydrogen-bond donors (Lipinski definition) is 1. The molecule has 0 spiro atoms. The number of nitriles is 1. The highest BCUT2D eigenvalue weighted by atomic mass is 15.2. The lowest BCUT2D eigenvalue weighted by atomic mass is 9.91. The zero-order chi connectivity index (χ0) is 16.4. The number of aromatic nitrogens is 1. The van der Waals surface area contributed by atoms with Crippen molar-refractivity contribution >= 4 is 5.82 Å². The van der Waals surface area contributed by atoms with Crippen molar-refractivity contribution in [3.8, 4) is 6.07 Å². The second kappa shape index (κ2) is 6.49. The van der Waals surface area contributed by atoms with Crippen LogP contribution in [-0.4, -0.2) is 30.2 Å². The predicted molar refractivity (Wildman–Crippen MR) is 93.3 cm³/mol. The van der Waals surface area contributed by atoms with E-state index in [1.54, 1.807) is 6.20 Å². The van der Waals surface area contributed by atoms with Crippen LogP contribution in [0.25, 0.3) is 0 Å². The topological polar surface area (TPSA) is 52.0 Å². The number of nitrogens with zero attached hydrogens (tertiary/aromatic N) is 3. The highest BCUT2D eigenvalue weighted by molar-refractivity contribution is 5.42. The van der Waals surface area contributed by atoms with Crippen LogP contribution >= 0.6 is 0 Å². The number of nitrogens with one attached hydrogen (secondary N) is 1. The molecule has 2 aliphatic rings. The molecular formula is C19H28N4. The van der Waals surface area contributed by atoms with Crippen molar-refractivity contribution in [2.75, 3.05) is 18.0 Å². The molecule has 1 aromatic rings. The summed E-state index contributed by atoms with van der Waals surface area (Å²) < 4.78 is 0. The summed E-state index contributed by atoms with van der Waals surface area (Å²) in [6, 6.07) is 7.25. The lowest BCUT2D eigenvalue weighted by Crippen LogP contribution is -2.47. The summed E-state index contributed by atoms with van der Waals surface area (Å²) in [5.41, 5.74) is 1.12. The van der Waals surface area contributed by atoms with Gasteiger partial charge in [-0.2, -0.15) is 5.26 Å². The molecule has 124 valence electrons. The molecule has 1 saturated carbocycles. The first-order chi connectivity index (χ1) is 11.0. The van der Waals surface area contributed by atoms with Gasteiger partial charge in [0.2, 0.25) is 0 Å². The van der Waals surface area contributed by atoms with E-state index < -0.39 is 0 Å².